The van der Waals surface area contributed by atoms with Gasteiger partial charge in [-0.2, -0.15) is 0 Å². The number of nitrogens with zero attached hydrogens (tertiary/aromatic N) is 1. The summed E-state index contributed by atoms with van der Waals surface area (Å²) in [7, 11) is 0. The summed E-state index contributed by atoms with van der Waals surface area (Å²) in [4.78, 5) is 20.4. The maximum atomic E-state index is 12.5. The molecule has 0 aliphatic carbocycles. The van der Waals surface area contributed by atoms with Crippen LogP contribution in [0.2, 0.25) is 0 Å². The van der Waals surface area contributed by atoms with Gasteiger partial charge >= 0.3 is 0 Å². The largest absolute Gasteiger partial charge is 0.494 e. The van der Waals surface area contributed by atoms with E-state index in [0.29, 0.717) is 36.2 Å². The fraction of sp³-hybridized carbons (Fsp3) is 0.333. The zero-order valence-corrected chi connectivity index (χ0v) is 17.1. The summed E-state index contributed by atoms with van der Waals surface area (Å²) >= 11 is 1.53. The van der Waals surface area contributed by atoms with Gasteiger partial charge in [-0.05, 0) is 45.0 Å². The van der Waals surface area contributed by atoms with E-state index in [9.17, 15) is 4.79 Å². The number of aromatic amines is 1. The maximum Gasteiger partial charge on any atom is 0.234 e. The molecule has 1 amide bonds. The number of ether oxygens (including phenoxy) is 2. The number of carbonyl (C=O) groups excluding carboxylic acids is 1. The van der Waals surface area contributed by atoms with Gasteiger partial charge in [-0.15, -0.1) is 11.8 Å². The second-order valence-corrected chi connectivity index (χ2v) is 7.49. The topological polar surface area (TPSA) is 76.2 Å². The molecule has 1 unspecified atom stereocenters. The van der Waals surface area contributed by atoms with Gasteiger partial charge in [0.25, 0.3) is 0 Å². The highest BCUT2D eigenvalue weighted by molar-refractivity contribution is 8.00. The molecule has 0 aliphatic heterocycles. The minimum absolute atomic E-state index is 0.0688. The molecule has 7 heteroatoms. The van der Waals surface area contributed by atoms with Crippen LogP contribution in [0.15, 0.2) is 42.5 Å². The van der Waals surface area contributed by atoms with Crippen LogP contribution in [-0.4, -0.2) is 34.8 Å². The number of fused-ring (bicyclic) bond motifs is 1. The molecule has 28 heavy (non-hydrogen) atoms. The van der Waals surface area contributed by atoms with Crippen molar-refractivity contribution in [1.82, 2.24) is 9.97 Å². The summed E-state index contributed by atoms with van der Waals surface area (Å²) in [5, 5.41) is 3.00. The lowest BCUT2D eigenvalue weighted by Crippen LogP contribution is -2.16. The normalized spacial score (nSPS) is 12.0. The van der Waals surface area contributed by atoms with Crippen molar-refractivity contribution in [2.24, 2.45) is 0 Å². The highest BCUT2D eigenvalue weighted by atomic mass is 32.2. The van der Waals surface area contributed by atoms with Gasteiger partial charge in [-0.3, -0.25) is 4.79 Å². The Morgan fingerprint density at radius 3 is 2.71 bits per heavy atom. The van der Waals surface area contributed by atoms with Crippen LogP contribution in [0, 0.1) is 0 Å². The van der Waals surface area contributed by atoms with E-state index >= 15 is 0 Å². The molecule has 6 nitrogen and oxygen atoms in total. The molecule has 2 aromatic carbocycles. The Morgan fingerprint density at radius 1 is 1.18 bits per heavy atom. The zero-order valence-electron chi connectivity index (χ0n) is 16.3. The number of nitrogens with one attached hydrogen (secondary N) is 2. The summed E-state index contributed by atoms with van der Waals surface area (Å²) in [5.74, 6) is 2.41. The Balaban J connectivity index is 1.62. The van der Waals surface area contributed by atoms with Crippen LogP contribution in [0.25, 0.3) is 11.0 Å². The second-order valence-electron chi connectivity index (χ2n) is 6.16. The maximum absolute atomic E-state index is 12.5. The van der Waals surface area contributed by atoms with Crippen molar-refractivity contribution < 1.29 is 14.3 Å². The number of amides is 1. The van der Waals surface area contributed by atoms with Crippen molar-refractivity contribution in [3.8, 4) is 11.5 Å². The molecule has 1 heterocycles. The first kappa shape index (κ1) is 20.1. The Kier molecular flexibility index (Phi) is 6.81. The lowest BCUT2D eigenvalue weighted by molar-refractivity contribution is -0.113. The van der Waals surface area contributed by atoms with Crippen LogP contribution in [0.3, 0.4) is 0 Å². The number of H-pyrrole nitrogens is 1. The first-order valence-electron chi connectivity index (χ1n) is 9.36. The van der Waals surface area contributed by atoms with E-state index in [1.807, 2.05) is 57.2 Å². The summed E-state index contributed by atoms with van der Waals surface area (Å²) in [6.45, 7) is 6.95. The van der Waals surface area contributed by atoms with Crippen molar-refractivity contribution in [3.05, 3.63) is 48.3 Å². The average molecular weight is 400 g/mol. The van der Waals surface area contributed by atoms with E-state index < -0.39 is 0 Å². The van der Waals surface area contributed by atoms with Crippen molar-refractivity contribution >= 4 is 34.4 Å². The van der Waals surface area contributed by atoms with Crippen LogP contribution in [-0.2, 0) is 4.79 Å². The third kappa shape index (κ3) is 4.98. The predicted molar refractivity (Wildman–Crippen MR) is 114 cm³/mol. The van der Waals surface area contributed by atoms with Gasteiger partial charge in [0.05, 0.1) is 40.9 Å². The lowest BCUT2D eigenvalue weighted by Gasteiger charge is -2.14. The Hall–Kier alpha value is -2.67. The molecular formula is C21H25N3O3S. The molecule has 148 valence electrons. The first-order valence-corrected chi connectivity index (χ1v) is 10.4. The van der Waals surface area contributed by atoms with Gasteiger partial charge in [0, 0.05) is 6.07 Å². The molecule has 0 bridgehead atoms. The quantitative estimate of drug-likeness (QED) is 0.541. The van der Waals surface area contributed by atoms with Gasteiger partial charge in [0.15, 0.2) is 0 Å². The zero-order chi connectivity index (χ0) is 19.9. The van der Waals surface area contributed by atoms with Gasteiger partial charge in [0.2, 0.25) is 5.91 Å². The number of carbonyl (C=O) groups is 1. The van der Waals surface area contributed by atoms with Crippen molar-refractivity contribution in [2.75, 3.05) is 24.3 Å². The number of hydrogen-bond acceptors (Lipinski definition) is 5. The van der Waals surface area contributed by atoms with Gasteiger partial charge < -0.3 is 19.8 Å². The highest BCUT2D eigenvalue weighted by Crippen LogP contribution is 2.31. The monoisotopic (exact) mass is 399 g/mol. The second kappa shape index (κ2) is 9.50. The number of hydrogen-bond donors (Lipinski definition) is 2. The van der Waals surface area contributed by atoms with Crippen LogP contribution < -0.4 is 14.8 Å². The smallest absolute Gasteiger partial charge is 0.234 e. The highest BCUT2D eigenvalue weighted by Gasteiger charge is 2.15. The Labute approximate surface area is 169 Å². The van der Waals surface area contributed by atoms with E-state index in [0.717, 1.165) is 16.9 Å². The first-order chi connectivity index (χ1) is 13.6. The molecule has 0 fully saturated rings. The third-order valence-corrected chi connectivity index (χ3v) is 5.25. The number of thioether (sulfide) groups is 1. The van der Waals surface area contributed by atoms with Gasteiger partial charge in [0.1, 0.15) is 17.3 Å². The average Bonchev–Trinajstić information content (AvgIpc) is 3.13. The Morgan fingerprint density at radius 2 is 1.96 bits per heavy atom. The minimum Gasteiger partial charge on any atom is -0.494 e. The summed E-state index contributed by atoms with van der Waals surface area (Å²) in [6, 6.07) is 13.3. The van der Waals surface area contributed by atoms with Crippen LogP contribution >= 0.6 is 11.8 Å². The SMILES string of the molecule is CCOc1ccc(OCC)c(NC(=O)CSC(C)c2nc3ccccc3[nH]2)c1. The number of anilines is 1. The molecule has 0 aliphatic rings. The number of para-hydroxylation sites is 2. The van der Waals surface area contributed by atoms with Gasteiger partial charge in [-0.25, -0.2) is 4.98 Å². The third-order valence-electron chi connectivity index (χ3n) is 4.09. The predicted octanol–water partition coefficient (Wildman–Crippen LogP) is 4.79. The molecule has 1 aromatic heterocycles. The molecule has 0 spiro atoms. The van der Waals surface area contributed by atoms with Crippen LogP contribution in [0.4, 0.5) is 5.69 Å². The molecule has 0 saturated carbocycles. The molecular weight excluding hydrogens is 374 g/mol. The fourth-order valence-electron chi connectivity index (χ4n) is 2.78. The molecule has 3 aromatic rings. The fourth-order valence-corrected chi connectivity index (χ4v) is 3.52. The minimum atomic E-state index is -0.0948. The number of aromatic nitrogens is 2. The molecule has 0 saturated heterocycles. The molecule has 2 N–H and O–H groups in total. The van der Waals surface area contributed by atoms with E-state index in [1.165, 1.54) is 11.8 Å². The Bertz CT molecular complexity index is 909. The van der Waals surface area contributed by atoms with Crippen LogP contribution in [0.1, 0.15) is 31.8 Å². The summed E-state index contributed by atoms with van der Waals surface area (Å²) < 4.78 is 11.1. The van der Waals surface area contributed by atoms with Crippen molar-refractivity contribution in [3.63, 3.8) is 0 Å². The van der Waals surface area contributed by atoms with Gasteiger partial charge in [-0.1, -0.05) is 12.1 Å². The van der Waals surface area contributed by atoms with Crippen molar-refractivity contribution in [1.29, 1.82) is 0 Å². The number of imidazole rings is 1. The molecule has 1 atom stereocenters. The number of benzene rings is 2. The molecule has 3 rings (SSSR count). The van der Waals surface area contributed by atoms with E-state index in [4.69, 9.17) is 9.47 Å². The standard InChI is InChI=1S/C21H25N3O3S/c1-4-26-15-10-11-19(27-5-2)18(12-15)22-20(25)13-28-14(3)21-23-16-8-6-7-9-17(16)24-21/h6-12,14H,4-5,13H2,1-3H3,(H,22,25)(H,23,24). The number of rotatable bonds is 9. The van der Waals surface area contributed by atoms with E-state index in [1.54, 1.807) is 6.07 Å². The summed E-state index contributed by atoms with van der Waals surface area (Å²) in [5.41, 5.74) is 2.56. The van der Waals surface area contributed by atoms with E-state index in [-0.39, 0.29) is 11.2 Å². The van der Waals surface area contributed by atoms with Crippen molar-refractivity contribution in [2.45, 2.75) is 26.0 Å². The lowest BCUT2D eigenvalue weighted by atomic mass is 10.2. The summed E-state index contributed by atoms with van der Waals surface area (Å²) in [6.07, 6.45) is 0. The van der Waals surface area contributed by atoms with E-state index in [2.05, 4.69) is 15.3 Å². The van der Waals surface area contributed by atoms with Crippen LogP contribution in [0.5, 0.6) is 11.5 Å². The molecule has 0 radical (unpaired) electrons.